The van der Waals surface area contributed by atoms with Crippen LogP contribution in [0.1, 0.15) is 38.0 Å². The maximum atomic E-state index is 12.0. The van der Waals surface area contributed by atoms with Gasteiger partial charge in [0, 0.05) is 7.11 Å². The van der Waals surface area contributed by atoms with Crippen LogP contribution in [-0.4, -0.2) is 36.6 Å². The summed E-state index contributed by atoms with van der Waals surface area (Å²) in [4.78, 5) is 12.0. The van der Waals surface area contributed by atoms with Crippen LogP contribution in [0.3, 0.4) is 0 Å². The predicted octanol–water partition coefficient (Wildman–Crippen LogP) is 3.84. The van der Waals surface area contributed by atoms with Crippen molar-refractivity contribution in [2.45, 2.75) is 45.1 Å². The summed E-state index contributed by atoms with van der Waals surface area (Å²) in [5, 5.41) is 12.4. The Labute approximate surface area is 166 Å². The lowest BCUT2D eigenvalue weighted by molar-refractivity contribution is 0.0215. The standard InChI is InChI=1S/C22H29NO5/c1-22(2,3)28-21(25)23-19(14-24)20(26-4)17-10-12-18(13-11-17)27-15-16-8-6-5-7-9-16/h5-13,19-20,24H,14-15H2,1-4H3,(H,23,25)/t19-,20-/m1/s1. The first kappa shape index (κ1) is 21.7. The average Bonchev–Trinajstić information content (AvgIpc) is 2.66. The van der Waals surface area contributed by atoms with Gasteiger partial charge in [-0.15, -0.1) is 0 Å². The van der Waals surface area contributed by atoms with E-state index in [0.29, 0.717) is 6.61 Å². The molecular weight excluding hydrogens is 358 g/mol. The smallest absolute Gasteiger partial charge is 0.408 e. The Morgan fingerprint density at radius 2 is 1.71 bits per heavy atom. The SMILES string of the molecule is CO[C@H](c1ccc(OCc2ccccc2)cc1)[C@@H](CO)NC(=O)OC(C)(C)C. The van der Waals surface area contributed by atoms with E-state index in [-0.39, 0.29) is 6.61 Å². The summed E-state index contributed by atoms with van der Waals surface area (Å²) in [6.45, 7) is 5.53. The summed E-state index contributed by atoms with van der Waals surface area (Å²) in [6, 6.07) is 16.7. The third-order valence-corrected chi connectivity index (χ3v) is 3.98. The first-order valence-corrected chi connectivity index (χ1v) is 9.22. The van der Waals surface area contributed by atoms with E-state index in [1.54, 1.807) is 20.8 Å². The number of alkyl carbamates (subject to hydrolysis) is 1. The molecule has 0 aliphatic rings. The van der Waals surface area contributed by atoms with Crippen LogP contribution in [0.2, 0.25) is 0 Å². The number of benzene rings is 2. The molecule has 0 aliphatic carbocycles. The number of aliphatic hydroxyl groups excluding tert-OH is 1. The molecular formula is C22H29NO5. The quantitative estimate of drug-likeness (QED) is 0.720. The summed E-state index contributed by atoms with van der Waals surface area (Å²) in [7, 11) is 1.53. The van der Waals surface area contributed by atoms with E-state index in [1.165, 1.54) is 7.11 Å². The maximum Gasteiger partial charge on any atom is 0.408 e. The minimum absolute atomic E-state index is 0.288. The molecule has 6 nitrogen and oxygen atoms in total. The highest BCUT2D eigenvalue weighted by atomic mass is 16.6. The predicted molar refractivity (Wildman–Crippen MR) is 107 cm³/mol. The molecule has 0 saturated carbocycles. The first-order chi connectivity index (χ1) is 13.3. The molecule has 0 spiro atoms. The number of nitrogens with one attached hydrogen (secondary N) is 1. The number of amides is 1. The number of methoxy groups -OCH3 is 1. The highest BCUT2D eigenvalue weighted by Crippen LogP contribution is 2.24. The lowest BCUT2D eigenvalue weighted by Crippen LogP contribution is -2.44. The minimum Gasteiger partial charge on any atom is -0.489 e. The molecule has 0 saturated heterocycles. The molecule has 2 rings (SSSR count). The Hall–Kier alpha value is -2.57. The van der Waals surface area contributed by atoms with E-state index in [9.17, 15) is 9.90 Å². The molecule has 2 N–H and O–H groups in total. The summed E-state index contributed by atoms with van der Waals surface area (Å²) < 4.78 is 16.6. The number of aliphatic hydroxyl groups is 1. The molecule has 6 heteroatoms. The summed E-state index contributed by atoms with van der Waals surface area (Å²) in [6.07, 6.45) is -1.13. The van der Waals surface area contributed by atoms with Crippen LogP contribution in [0, 0.1) is 0 Å². The van der Waals surface area contributed by atoms with Crippen molar-refractivity contribution in [2.75, 3.05) is 13.7 Å². The molecule has 152 valence electrons. The zero-order chi connectivity index (χ0) is 20.6. The molecule has 0 aromatic heterocycles. The lowest BCUT2D eigenvalue weighted by Gasteiger charge is -2.27. The average molecular weight is 387 g/mol. The number of hydrogen-bond donors (Lipinski definition) is 2. The fourth-order valence-corrected chi connectivity index (χ4v) is 2.70. The van der Waals surface area contributed by atoms with Crippen LogP contribution in [0.4, 0.5) is 4.79 Å². The van der Waals surface area contributed by atoms with Crippen LogP contribution in [-0.2, 0) is 16.1 Å². The van der Waals surface area contributed by atoms with Crippen molar-refractivity contribution < 1.29 is 24.1 Å². The number of rotatable bonds is 8. The van der Waals surface area contributed by atoms with Crippen LogP contribution < -0.4 is 10.1 Å². The van der Waals surface area contributed by atoms with Gasteiger partial charge < -0.3 is 24.6 Å². The number of carbonyl (C=O) groups excluding carboxylic acids is 1. The molecule has 1 amide bonds. The minimum atomic E-state index is -0.643. The molecule has 0 bridgehead atoms. The monoisotopic (exact) mass is 387 g/mol. The fourth-order valence-electron chi connectivity index (χ4n) is 2.70. The normalized spacial score (nSPS) is 13.5. The number of hydrogen-bond acceptors (Lipinski definition) is 5. The molecule has 0 fully saturated rings. The van der Waals surface area contributed by atoms with Gasteiger partial charge in [0.05, 0.1) is 12.6 Å². The summed E-state index contributed by atoms with van der Waals surface area (Å²) >= 11 is 0. The third kappa shape index (κ3) is 6.87. The van der Waals surface area contributed by atoms with Crippen molar-refractivity contribution in [3.8, 4) is 5.75 Å². The second-order valence-electron chi connectivity index (χ2n) is 7.43. The molecule has 0 aliphatic heterocycles. The van der Waals surface area contributed by atoms with Crippen LogP contribution in [0.15, 0.2) is 54.6 Å². The van der Waals surface area contributed by atoms with Gasteiger partial charge in [-0.25, -0.2) is 4.79 Å². The number of ether oxygens (including phenoxy) is 3. The Kier molecular flexibility index (Phi) is 7.84. The highest BCUT2D eigenvalue weighted by Gasteiger charge is 2.26. The largest absolute Gasteiger partial charge is 0.489 e. The van der Waals surface area contributed by atoms with Crippen molar-refractivity contribution in [1.29, 1.82) is 0 Å². The molecule has 2 aromatic rings. The molecule has 0 radical (unpaired) electrons. The Bertz CT molecular complexity index is 725. The van der Waals surface area contributed by atoms with E-state index < -0.39 is 23.8 Å². The van der Waals surface area contributed by atoms with Gasteiger partial charge in [-0.1, -0.05) is 42.5 Å². The van der Waals surface area contributed by atoms with E-state index >= 15 is 0 Å². The van der Waals surface area contributed by atoms with Gasteiger partial charge >= 0.3 is 6.09 Å². The Morgan fingerprint density at radius 1 is 1.07 bits per heavy atom. The van der Waals surface area contributed by atoms with Gasteiger partial charge in [0.2, 0.25) is 0 Å². The first-order valence-electron chi connectivity index (χ1n) is 9.22. The Morgan fingerprint density at radius 3 is 2.25 bits per heavy atom. The van der Waals surface area contributed by atoms with Crippen molar-refractivity contribution >= 4 is 6.09 Å². The summed E-state index contributed by atoms with van der Waals surface area (Å²) in [5.41, 5.74) is 1.28. The van der Waals surface area contributed by atoms with Crippen LogP contribution in [0.5, 0.6) is 5.75 Å². The second-order valence-corrected chi connectivity index (χ2v) is 7.43. The van der Waals surface area contributed by atoms with Crippen molar-refractivity contribution in [3.05, 3.63) is 65.7 Å². The molecule has 0 unspecified atom stereocenters. The topological polar surface area (TPSA) is 77.0 Å². The van der Waals surface area contributed by atoms with E-state index in [4.69, 9.17) is 14.2 Å². The van der Waals surface area contributed by atoms with E-state index in [2.05, 4.69) is 5.32 Å². The Balaban J connectivity index is 2.00. The molecule has 0 heterocycles. The van der Waals surface area contributed by atoms with Crippen LogP contribution in [0.25, 0.3) is 0 Å². The zero-order valence-corrected chi connectivity index (χ0v) is 16.8. The van der Waals surface area contributed by atoms with Gasteiger partial charge in [-0.05, 0) is 44.0 Å². The van der Waals surface area contributed by atoms with Gasteiger partial charge in [0.1, 0.15) is 24.1 Å². The zero-order valence-electron chi connectivity index (χ0n) is 16.8. The van der Waals surface area contributed by atoms with E-state index in [1.807, 2.05) is 54.6 Å². The fraction of sp³-hybridized carbons (Fsp3) is 0.409. The van der Waals surface area contributed by atoms with Gasteiger partial charge in [0.15, 0.2) is 0 Å². The molecule has 2 aromatic carbocycles. The van der Waals surface area contributed by atoms with Crippen molar-refractivity contribution in [3.63, 3.8) is 0 Å². The third-order valence-electron chi connectivity index (χ3n) is 3.98. The second kappa shape index (κ2) is 10.1. The van der Waals surface area contributed by atoms with E-state index in [0.717, 1.165) is 16.9 Å². The summed E-state index contributed by atoms with van der Waals surface area (Å²) in [5.74, 6) is 0.725. The van der Waals surface area contributed by atoms with Crippen molar-refractivity contribution in [2.24, 2.45) is 0 Å². The lowest BCUT2D eigenvalue weighted by atomic mass is 10.0. The van der Waals surface area contributed by atoms with Crippen LogP contribution >= 0.6 is 0 Å². The van der Waals surface area contributed by atoms with Gasteiger partial charge in [-0.2, -0.15) is 0 Å². The molecule has 2 atom stereocenters. The van der Waals surface area contributed by atoms with Gasteiger partial charge in [-0.3, -0.25) is 0 Å². The molecule has 28 heavy (non-hydrogen) atoms. The van der Waals surface area contributed by atoms with Gasteiger partial charge in [0.25, 0.3) is 0 Å². The number of carbonyl (C=O) groups is 1. The maximum absolute atomic E-state index is 12.0. The van der Waals surface area contributed by atoms with Crippen molar-refractivity contribution in [1.82, 2.24) is 5.32 Å². The highest BCUT2D eigenvalue weighted by molar-refractivity contribution is 5.68.